The summed E-state index contributed by atoms with van der Waals surface area (Å²) >= 11 is 0. The molecule has 0 amide bonds. The molecule has 0 aliphatic carbocycles. The van der Waals surface area contributed by atoms with Crippen LogP contribution in [0.15, 0.2) is 16.8 Å². The average molecular weight is 249 g/mol. The normalized spacial score (nSPS) is 24.3. The largest absolute Gasteiger partial charge is 0.381 e. The zero-order valence-electron chi connectivity index (χ0n) is 10.1. The highest BCUT2D eigenvalue weighted by Gasteiger charge is 2.29. The third-order valence-electron chi connectivity index (χ3n) is 3.11. The van der Waals surface area contributed by atoms with Crippen LogP contribution >= 0.6 is 0 Å². The molecule has 3 rings (SSSR count). The molecule has 0 aromatic carbocycles. The molecule has 3 heterocycles. The maximum Gasteiger partial charge on any atom is 0.234 e. The van der Waals surface area contributed by atoms with Crippen molar-refractivity contribution in [3.8, 4) is 11.5 Å². The van der Waals surface area contributed by atoms with Crippen LogP contribution in [0.25, 0.3) is 11.5 Å². The van der Waals surface area contributed by atoms with Gasteiger partial charge in [0.15, 0.2) is 0 Å². The molecule has 7 nitrogen and oxygen atoms in total. The fourth-order valence-corrected chi connectivity index (χ4v) is 2.03. The quantitative estimate of drug-likeness (QED) is 0.823. The van der Waals surface area contributed by atoms with Crippen molar-refractivity contribution in [1.29, 1.82) is 0 Å². The summed E-state index contributed by atoms with van der Waals surface area (Å²) < 4.78 is 12.4. The number of rotatable bonds is 2. The predicted octanol–water partition coefficient (Wildman–Crippen LogP) is 0.301. The van der Waals surface area contributed by atoms with Gasteiger partial charge in [0.05, 0.1) is 12.5 Å². The van der Waals surface area contributed by atoms with E-state index in [1.54, 1.807) is 4.68 Å². The smallest absolute Gasteiger partial charge is 0.234 e. The highest BCUT2D eigenvalue weighted by molar-refractivity contribution is 5.46. The van der Waals surface area contributed by atoms with E-state index in [4.69, 9.17) is 15.0 Å². The van der Waals surface area contributed by atoms with Crippen molar-refractivity contribution in [3.05, 3.63) is 18.2 Å². The average Bonchev–Trinajstić information content (AvgIpc) is 2.98. The molecule has 2 aromatic rings. The Bertz CT molecular complexity index is 535. The van der Waals surface area contributed by atoms with Gasteiger partial charge >= 0.3 is 0 Å². The van der Waals surface area contributed by atoms with E-state index in [1.165, 1.54) is 0 Å². The number of nitrogens with zero attached hydrogens (tertiary/aromatic N) is 4. The topological polar surface area (TPSA) is 92.0 Å². The number of hydrogen-bond acceptors (Lipinski definition) is 6. The first-order chi connectivity index (χ1) is 8.74. The van der Waals surface area contributed by atoms with E-state index < -0.39 is 0 Å². The molecule has 2 aromatic heterocycles. The molecule has 96 valence electrons. The standard InChI is InChI=1S/C11H15N5O2/c1-16-4-2-9(14-16)10-13-11(18-15-10)7-6-17-5-3-8(7)12/h2,4,7-8H,3,5-6,12H2,1H3. The summed E-state index contributed by atoms with van der Waals surface area (Å²) in [6, 6.07) is 1.85. The van der Waals surface area contributed by atoms with Crippen LogP contribution in [0, 0.1) is 0 Å². The number of hydrogen-bond donors (Lipinski definition) is 1. The minimum atomic E-state index is -0.0243. The number of aryl methyl sites for hydroxylation is 1. The second-order valence-corrected chi connectivity index (χ2v) is 4.46. The van der Waals surface area contributed by atoms with Gasteiger partial charge in [-0.3, -0.25) is 4.68 Å². The Morgan fingerprint density at radius 1 is 1.50 bits per heavy atom. The Labute approximate surface area is 104 Å². The van der Waals surface area contributed by atoms with Crippen molar-refractivity contribution in [2.24, 2.45) is 12.8 Å². The first-order valence-electron chi connectivity index (χ1n) is 5.91. The number of nitrogens with two attached hydrogens (primary N) is 1. The summed E-state index contributed by atoms with van der Waals surface area (Å²) in [5.74, 6) is 0.995. The number of aromatic nitrogens is 4. The van der Waals surface area contributed by atoms with Gasteiger partial charge in [-0.25, -0.2) is 0 Å². The van der Waals surface area contributed by atoms with Crippen molar-refractivity contribution in [1.82, 2.24) is 19.9 Å². The van der Waals surface area contributed by atoms with Gasteiger partial charge in [-0.1, -0.05) is 5.16 Å². The molecule has 2 atom stereocenters. The zero-order chi connectivity index (χ0) is 12.5. The lowest BCUT2D eigenvalue weighted by atomic mass is 9.97. The van der Waals surface area contributed by atoms with E-state index in [2.05, 4.69) is 15.2 Å². The lowest BCUT2D eigenvalue weighted by Gasteiger charge is -2.25. The summed E-state index contributed by atoms with van der Waals surface area (Å²) in [6.07, 6.45) is 2.65. The van der Waals surface area contributed by atoms with Gasteiger partial charge in [0, 0.05) is 25.9 Å². The van der Waals surface area contributed by atoms with Crippen molar-refractivity contribution in [3.63, 3.8) is 0 Å². The van der Waals surface area contributed by atoms with Crippen molar-refractivity contribution >= 4 is 0 Å². The molecule has 0 spiro atoms. The Balaban J connectivity index is 1.84. The molecule has 1 saturated heterocycles. The monoisotopic (exact) mass is 249 g/mol. The van der Waals surface area contributed by atoms with E-state index in [-0.39, 0.29) is 12.0 Å². The maximum absolute atomic E-state index is 6.04. The molecule has 0 bridgehead atoms. The highest BCUT2D eigenvalue weighted by atomic mass is 16.5. The molecule has 2 N–H and O–H groups in total. The third kappa shape index (κ3) is 2.02. The Morgan fingerprint density at radius 2 is 2.39 bits per heavy atom. The van der Waals surface area contributed by atoms with Gasteiger partial charge in [0.25, 0.3) is 0 Å². The second-order valence-electron chi connectivity index (χ2n) is 4.46. The molecule has 2 unspecified atom stereocenters. The molecule has 0 radical (unpaired) electrons. The van der Waals surface area contributed by atoms with E-state index in [9.17, 15) is 0 Å². The first-order valence-corrected chi connectivity index (χ1v) is 5.91. The second kappa shape index (κ2) is 4.51. The third-order valence-corrected chi connectivity index (χ3v) is 3.11. The van der Waals surface area contributed by atoms with Gasteiger partial charge in [-0.2, -0.15) is 10.1 Å². The van der Waals surface area contributed by atoms with Crippen molar-refractivity contribution in [2.45, 2.75) is 18.4 Å². The van der Waals surface area contributed by atoms with Gasteiger partial charge in [0.1, 0.15) is 5.69 Å². The zero-order valence-corrected chi connectivity index (χ0v) is 10.1. The predicted molar refractivity (Wildman–Crippen MR) is 62.7 cm³/mol. The van der Waals surface area contributed by atoms with Gasteiger partial charge in [0.2, 0.25) is 11.7 Å². The van der Waals surface area contributed by atoms with E-state index in [1.807, 2.05) is 19.3 Å². The van der Waals surface area contributed by atoms with E-state index in [0.29, 0.717) is 30.6 Å². The van der Waals surface area contributed by atoms with E-state index >= 15 is 0 Å². The Kier molecular flexibility index (Phi) is 2.85. The summed E-state index contributed by atoms with van der Waals surface area (Å²) in [6.45, 7) is 1.23. The summed E-state index contributed by atoms with van der Waals surface area (Å²) in [7, 11) is 1.84. The SMILES string of the molecule is Cn1ccc(-c2noc(C3COCCC3N)n2)n1. The van der Waals surface area contributed by atoms with Crippen LogP contribution in [0.3, 0.4) is 0 Å². The van der Waals surface area contributed by atoms with Gasteiger partial charge in [-0.05, 0) is 12.5 Å². The van der Waals surface area contributed by atoms with Crippen LogP contribution in [-0.2, 0) is 11.8 Å². The van der Waals surface area contributed by atoms with Gasteiger partial charge < -0.3 is 15.0 Å². The fraction of sp³-hybridized carbons (Fsp3) is 0.545. The highest BCUT2D eigenvalue weighted by Crippen LogP contribution is 2.25. The minimum Gasteiger partial charge on any atom is -0.381 e. The summed E-state index contributed by atoms with van der Waals surface area (Å²) in [5.41, 5.74) is 6.73. The summed E-state index contributed by atoms with van der Waals surface area (Å²) in [5, 5.41) is 8.16. The van der Waals surface area contributed by atoms with Crippen LogP contribution in [0.2, 0.25) is 0 Å². The van der Waals surface area contributed by atoms with Crippen LogP contribution in [0.5, 0.6) is 0 Å². The molecule has 0 saturated carbocycles. The first kappa shape index (κ1) is 11.4. The molecule has 18 heavy (non-hydrogen) atoms. The maximum atomic E-state index is 6.04. The van der Waals surface area contributed by atoms with E-state index in [0.717, 1.165) is 6.42 Å². The molecule has 7 heteroatoms. The minimum absolute atomic E-state index is 0.00998. The summed E-state index contributed by atoms with van der Waals surface area (Å²) in [4.78, 5) is 4.35. The Hall–Kier alpha value is -1.73. The molecular formula is C11H15N5O2. The molecule has 1 aliphatic heterocycles. The van der Waals surface area contributed by atoms with Crippen molar-refractivity contribution in [2.75, 3.05) is 13.2 Å². The molecule has 1 aliphatic rings. The van der Waals surface area contributed by atoms with Gasteiger partial charge in [-0.15, -0.1) is 0 Å². The Morgan fingerprint density at radius 3 is 3.11 bits per heavy atom. The molecular weight excluding hydrogens is 234 g/mol. The molecule has 1 fully saturated rings. The van der Waals surface area contributed by atoms with Crippen LogP contribution < -0.4 is 5.73 Å². The number of ether oxygens (including phenoxy) is 1. The van der Waals surface area contributed by atoms with Crippen LogP contribution in [-0.4, -0.2) is 39.2 Å². The van der Waals surface area contributed by atoms with Crippen molar-refractivity contribution < 1.29 is 9.26 Å². The lowest BCUT2D eigenvalue weighted by Crippen LogP contribution is -2.37. The van der Waals surface area contributed by atoms with Crippen LogP contribution in [0.4, 0.5) is 0 Å². The fourth-order valence-electron chi connectivity index (χ4n) is 2.03. The lowest BCUT2D eigenvalue weighted by molar-refractivity contribution is 0.0590. The van der Waals surface area contributed by atoms with Crippen LogP contribution in [0.1, 0.15) is 18.2 Å².